The zero-order valence-corrected chi connectivity index (χ0v) is 13.6. The van der Waals surface area contributed by atoms with Gasteiger partial charge < -0.3 is 10.1 Å². The highest BCUT2D eigenvalue weighted by Crippen LogP contribution is 2.49. The third-order valence-electron chi connectivity index (χ3n) is 4.38. The Morgan fingerprint density at radius 1 is 1.27 bits per heavy atom. The van der Waals surface area contributed by atoms with Crippen LogP contribution in [0.3, 0.4) is 0 Å². The zero-order valence-electron chi connectivity index (χ0n) is 12.8. The standard InChI is InChI=1S/C18H18ClNO2/c1-18(2)14-6-4-5-13(14)15(17(21)22-3)20-16(18)11-7-9-12(19)10-8-11/h4-10,16,20H,1-3H3. The molecular formula is C18H18ClNO2. The van der Waals surface area contributed by atoms with Crippen molar-refractivity contribution in [2.75, 3.05) is 7.11 Å². The van der Waals surface area contributed by atoms with Gasteiger partial charge in [-0.1, -0.05) is 55.8 Å². The van der Waals surface area contributed by atoms with Crippen molar-refractivity contribution in [1.82, 2.24) is 5.32 Å². The van der Waals surface area contributed by atoms with Crippen molar-refractivity contribution in [2.24, 2.45) is 5.41 Å². The van der Waals surface area contributed by atoms with Crippen LogP contribution in [0.5, 0.6) is 0 Å². The van der Waals surface area contributed by atoms with Crippen LogP contribution in [0.1, 0.15) is 25.5 Å². The Morgan fingerprint density at radius 3 is 2.59 bits per heavy atom. The van der Waals surface area contributed by atoms with E-state index in [1.165, 1.54) is 7.11 Å². The van der Waals surface area contributed by atoms with Crippen molar-refractivity contribution in [1.29, 1.82) is 0 Å². The molecule has 0 spiro atoms. The molecule has 114 valence electrons. The van der Waals surface area contributed by atoms with E-state index >= 15 is 0 Å². The Bertz CT molecular complexity index is 711. The fourth-order valence-electron chi connectivity index (χ4n) is 3.18. The molecule has 0 saturated heterocycles. The predicted molar refractivity (Wildman–Crippen MR) is 87.4 cm³/mol. The van der Waals surface area contributed by atoms with Gasteiger partial charge >= 0.3 is 5.97 Å². The van der Waals surface area contributed by atoms with E-state index in [9.17, 15) is 4.79 Å². The lowest BCUT2D eigenvalue weighted by molar-refractivity contribution is -0.136. The Balaban J connectivity index is 2.10. The lowest BCUT2D eigenvalue weighted by atomic mass is 9.70. The summed E-state index contributed by atoms with van der Waals surface area (Å²) in [5.74, 6) is -0.345. The second-order valence-corrected chi connectivity index (χ2v) is 6.51. The first-order valence-corrected chi connectivity index (χ1v) is 7.56. The topological polar surface area (TPSA) is 38.3 Å². The molecule has 22 heavy (non-hydrogen) atoms. The van der Waals surface area contributed by atoms with Crippen molar-refractivity contribution in [2.45, 2.75) is 19.9 Å². The van der Waals surface area contributed by atoms with Gasteiger partial charge in [0.2, 0.25) is 0 Å². The number of hydrogen-bond acceptors (Lipinski definition) is 3. The molecule has 1 aliphatic heterocycles. The normalized spacial score (nSPS) is 22.0. The third kappa shape index (κ3) is 2.26. The van der Waals surface area contributed by atoms with Gasteiger partial charge in [-0.2, -0.15) is 0 Å². The maximum atomic E-state index is 12.1. The summed E-state index contributed by atoms with van der Waals surface area (Å²) in [5, 5.41) is 4.07. The molecule has 0 saturated carbocycles. The fourth-order valence-corrected chi connectivity index (χ4v) is 3.31. The van der Waals surface area contributed by atoms with E-state index in [0.29, 0.717) is 10.7 Å². The van der Waals surface area contributed by atoms with Crippen molar-refractivity contribution in [3.63, 3.8) is 0 Å². The van der Waals surface area contributed by atoms with E-state index in [-0.39, 0.29) is 17.4 Å². The molecular weight excluding hydrogens is 298 g/mol. The first-order valence-electron chi connectivity index (χ1n) is 7.19. The molecule has 1 heterocycles. The Hall–Kier alpha value is -2.00. The molecule has 1 aromatic rings. The van der Waals surface area contributed by atoms with Crippen molar-refractivity contribution in [3.05, 3.63) is 69.9 Å². The van der Waals surface area contributed by atoms with Crippen LogP contribution in [0.15, 0.2) is 59.3 Å². The SMILES string of the molecule is COC(=O)C1=C2C=CC=C2C(C)(C)C(c2ccc(Cl)cc2)N1. The van der Waals surface area contributed by atoms with Gasteiger partial charge in [-0.15, -0.1) is 0 Å². The molecule has 2 aliphatic rings. The molecule has 0 bridgehead atoms. The lowest BCUT2D eigenvalue weighted by Gasteiger charge is -2.42. The van der Waals surface area contributed by atoms with Gasteiger partial charge in [0, 0.05) is 16.0 Å². The number of fused-ring (bicyclic) bond motifs is 1. The predicted octanol–water partition coefficient (Wildman–Crippen LogP) is 3.93. The monoisotopic (exact) mass is 315 g/mol. The maximum Gasteiger partial charge on any atom is 0.354 e. The quantitative estimate of drug-likeness (QED) is 0.840. The van der Waals surface area contributed by atoms with Crippen LogP contribution in [0.4, 0.5) is 0 Å². The van der Waals surface area contributed by atoms with Crippen LogP contribution in [0, 0.1) is 5.41 Å². The molecule has 4 heteroatoms. The molecule has 0 amide bonds. The lowest BCUT2D eigenvalue weighted by Crippen LogP contribution is -2.42. The summed E-state index contributed by atoms with van der Waals surface area (Å²) < 4.78 is 4.93. The molecule has 0 fully saturated rings. The average molecular weight is 316 g/mol. The second kappa shape index (κ2) is 5.33. The van der Waals surface area contributed by atoms with Gasteiger partial charge in [-0.25, -0.2) is 4.79 Å². The van der Waals surface area contributed by atoms with Gasteiger partial charge in [-0.3, -0.25) is 0 Å². The van der Waals surface area contributed by atoms with Gasteiger partial charge in [0.15, 0.2) is 0 Å². The molecule has 3 nitrogen and oxygen atoms in total. The van der Waals surface area contributed by atoms with E-state index in [1.54, 1.807) is 0 Å². The molecule has 0 radical (unpaired) electrons. The van der Waals surface area contributed by atoms with Gasteiger partial charge in [-0.05, 0) is 23.3 Å². The largest absolute Gasteiger partial charge is 0.464 e. The van der Waals surface area contributed by atoms with E-state index < -0.39 is 0 Å². The van der Waals surface area contributed by atoms with Crippen molar-refractivity contribution >= 4 is 17.6 Å². The minimum Gasteiger partial charge on any atom is -0.464 e. The number of nitrogens with one attached hydrogen (secondary N) is 1. The molecule has 1 aromatic carbocycles. The third-order valence-corrected chi connectivity index (χ3v) is 4.63. The smallest absolute Gasteiger partial charge is 0.354 e. The number of allylic oxidation sites excluding steroid dienone is 4. The first-order chi connectivity index (χ1) is 10.4. The van der Waals surface area contributed by atoms with E-state index in [2.05, 4.69) is 25.2 Å². The summed E-state index contributed by atoms with van der Waals surface area (Å²) in [5.41, 5.74) is 3.50. The number of esters is 1. The van der Waals surface area contributed by atoms with Crippen LogP contribution < -0.4 is 5.32 Å². The molecule has 1 unspecified atom stereocenters. The van der Waals surface area contributed by atoms with Gasteiger partial charge in [0.1, 0.15) is 5.70 Å². The Labute approximate surface area is 135 Å². The van der Waals surface area contributed by atoms with Crippen LogP contribution >= 0.6 is 11.6 Å². The molecule has 3 rings (SSSR count). The molecule has 1 N–H and O–H groups in total. The number of carbonyl (C=O) groups is 1. The van der Waals surface area contributed by atoms with E-state index in [1.807, 2.05) is 36.4 Å². The van der Waals surface area contributed by atoms with Crippen LogP contribution in [-0.2, 0) is 9.53 Å². The Kier molecular flexibility index (Phi) is 3.61. The van der Waals surface area contributed by atoms with Crippen molar-refractivity contribution in [3.8, 4) is 0 Å². The zero-order chi connectivity index (χ0) is 15.9. The first kappa shape index (κ1) is 14.9. The summed E-state index contributed by atoms with van der Waals surface area (Å²) in [7, 11) is 1.40. The van der Waals surface area contributed by atoms with E-state index in [0.717, 1.165) is 16.7 Å². The second-order valence-electron chi connectivity index (χ2n) is 6.07. The average Bonchev–Trinajstić information content (AvgIpc) is 2.99. The van der Waals surface area contributed by atoms with Gasteiger partial charge in [0.25, 0.3) is 0 Å². The number of benzene rings is 1. The molecule has 1 atom stereocenters. The van der Waals surface area contributed by atoms with Crippen LogP contribution in [0.2, 0.25) is 5.02 Å². The number of ether oxygens (including phenoxy) is 1. The fraction of sp³-hybridized carbons (Fsp3) is 0.278. The summed E-state index contributed by atoms with van der Waals surface area (Å²) in [6, 6.07) is 7.68. The maximum absolute atomic E-state index is 12.1. The number of rotatable bonds is 2. The summed E-state index contributed by atoms with van der Waals surface area (Å²) in [4.78, 5) is 12.1. The van der Waals surface area contributed by atoms with E-state index in [4.69, 9.17) is 16.3 Å². The minimum atomic E-state index is -0.345. The number of carbonyl (C=O) groups excluding carboxylic acids is 1. The highest BCUT2D eigenvalue weighted by Gasteiger charge is 2.42. The van der Waals surface area contributed by atoms with Crippen LogP contribution in [-0.4, -0.2) is 13.1 Å². The number of methoxy groups -OCH3 is 1. The molecule has 0 aromatic heterocycles. The number of halogens is 1. The molecule has 1 aliphatic carbocycles. The summed E-state index contributed by atoms with van der Waals surface area (Å²) >= 11 is 5.99. The Morgan fingerprint density at radius 2 is 1.95 bits per heavy atom. The van der Waals surface area contributed by atoms with Crippen LogP contribution in [0.25, 0.3) is 0 Å². The highest BCUT2D eigenvalue weighted by molar-refractivity contribution is 6.30. The number of hydrogen-bond donors (Lipinski definition) is 1. The minimum absolute atomic E-state index is 0.0335. The summed E-state index contributed by atoms with van der Waals surface area (Å²) in [6.07, 6.45) is 6.00. The highest BCUT2D eigenvalue weighted by atomic mass is 35.5. The van der Waals surface area contributed by atoms with Gasteiger partial charge in [0.05, 0.1) is 13.2 Å². The summed E-state index contributed by atoms with van der Waals surface area (Å²) in [6.45, 7) is 4.35. The van der Waals surface area contributed by atoms with Crippen molar-refractivity contribution < 1.29 is 9.53 Å².